The van der Waals surface area contributed by atoms with Gasteiger partial charge in [-0.15, -0.1) is 11.3 Å². The molecule has 0 aliphatic heterocycles. The minimum Gasteiger partial charge on any atom is -0.496 e. The number of thiophene rings is 1. The highest BCUT2D eigenvalue weighted by atomic mass is 32.1. The van der Waals surface area contributed by atoms with Crippen molar-refractivity contribution in [3.05, 3.63) is 58.0 Å². The summed E-state index contributed by atoms with van der Waals surface area (Å²) in [4.78, 5) is 14.2. The summed E-state index contributed by atoms with van der Waals surface area (Å²) < 4.78 is 5.40. The molecule has 2 aromatic carbocycles. The van der Waals surface area contributed by atoms with Crippen molar-refractivity contribution >= 4 is 33.0 Å². The van der Waals surface area contributed by atoms with Gasteiger partial charge < -0.3 is 10.1 Å². The van der Waals surface area contributed by atoms with Gasteiger partial charge in [-0.05, 0) is 48.8 Å². The minimum atomic E-state index is -0.195. The monoisotopic (exact) mass is 362 g/mol. The molecule has 26 heavy (non-hydrogen) atoms. The summed E-state index contributed by atoms with van der Waals surface area (Å²) in [6.07, 6.45) is 4.18. The van der Waals surface area contributed by atoms with E-state index >= 15 is 0 Å². The normalized spacial score (nSPS) is 13.1. The van der Waals surface area contributed by atoms with Gasteiger partial charge in [-0.1, -0.05) is 24.3 Å². The Kier molecular flexibility index (Phi) is 4.36. The third-order valence-electron chi connectivity index (χ3n) is 4.86. The van der Waals surface area contributed by atoms with Crippen LogP contribution in [0, 0.1) is 11.3 Å². The van der Waals surface area contributed by atoms with Gasteiger partial charge >= 0.3 is 0 Å². The molecule has 0 saturated carbocycles. The fourth-order valence-corrected chi connectivity index (χ4v) is 4.82. The first-order valence-electron chi connectivity index (χ1n) is 8.64. The summed E-state index contributed by atoms with van der Waals surface area (Å²) in [6, 6.07) is 13.6. The standard InChI is InChI=1S/C21H18N2O2S/c1-25-18-11-10-16(13-6-2-3-7-14(13)18)20(24)23-21-17(12-22)15-8-4-5-9-19(15)26-21/h2-3,6-7,10-11H,4-5,8-9H2,1H3,(H,23,24). The zero-order valence-electron chi connectivity index (χ0n) is 14.5. The molecule has 5 heteroatoms. The second-order valence-corrected chi connectivity index (χ2v) is 7.45. The number of rotatable bonds is 3. The molecule has 4 rings (SSSR count). The lowest BCUT2D eigenvalue weighted by Crippen LogP contribution is -2.12. The van der Waals surface area contributed by atoms with Gasteiger partial charge in [0.15, 0.2) is 0 Å². The van der Waals surface area contributed by atoms with Crippen molar-refractivity contribution in [2.24, 2.45) is 0 Å². The summed E-state index contributed by atoms with van der Waals surface area (Å²) in [5.74, 6) is 0.542. The van der Waals surface area contributed by atoms with E-state index in [4.69, 9.17) is 4.74 Å². The Balaban J connectivity index is 1.73. The fraction of sp³-hybridized carbons (Fsp3) is 0.238. The number of amides is 1. The van der Waals surface area contributed by atoms with Crippen molar-refractivity contribution < 1.29 is 9.53 Å². The number of benzene rings is 2. The van der Waals surface area contributed by atoms with Gasteiger partial charge in [0.25, 0.3) is 5.91 Å². The van der Waals surface area contributed by atoms with Crippen molar-refractivity contribution in [3.8, 4) is 11.8 Å². The zero-order chi connectivity index (χ0) is 18.1. The number of nitrogens with zero attached hydrogens (tertiary/aromatic N) is 1. The molecule has 0 saturated heterocycles. The van der Waals surface area contributed by atoms with E-state index in [1.807, 2.05) is 30.3 Å². The first-order chi connectivity index (χ1) is 12.7. The lowest BCUT2D eigenvalue weighted by atomic mass is 9.96. The quantitative estimate of drug-likeness (QED) is 0.720. The maximum Gasteiger partial charge on any atom is 0.256 e. The summed E-state index contributed by atoms with van der Waals surface area (Å²) in [7, 11) is 1.62. The highest BCUT2D eigenvalue weighted by Crippen LogP contribution is 2.38. The minimum absolute atomic E-state index is 0.195. The molecule has 0 bridgehead atoms. The van der Waals surface area contributed by atoms with Gasteiger partial charge in [0.2, 0.25) is 0 Å². The molecule has 0 unspecified atom stereocenters. The van der Waals surface area contributed by atoms with E-state index in [0.29, 0.717) is 16.1 Å². The highest BCUT2D eigenvalue weighted by Gasteiger charge is 2.22. The number of carbonyl (C=O) groups is 1. The number of hydrogen-bond acceptors (Lipinski definition) is 4. The van der Waals surface area contributed by atoms with E-state index in [9.17, 15) is 10.1 Å². The number of nitriles is 1. The molecule has 4 nitrogen and oxygen atoms in total. The van der Waals surface area contributed by atoms with Crippen LogP contribution in [-0.2, 0) is 12.8 Å². The summed E-state index contributed by atoms with van der Waals surface area (Å²) >= 11 is 1.54. The Labute approximate surface area is 156 Å². The third kappa shape index (κ3) is 2.73. The number of carbonyl (C=O) groups excluding carboxylic acids is 1. The number of methoxy groups -OCH3 is 1. The van der Waals surface area contributed by atoms with Crippen molar-refractivity contribution in [3.63, 3.8) is 0 Å². The zero-order valence-corrected chi connectivity index (χ0v) is 15.3. The molecule has 0 radical (unpaired) electrons. The van der Waals surface area contributed by atoms with Crippen LogP contribution in [0.3, 0.4) is 0 Å². The fourth-order valence-electron chi connectivity index (χ4n) is 3.59. The van der Waals surface area contributed by atoms with Crippen LogP contribution in [0.15, 0.2) is 36.4 Å². The second-order valence-electron chi connectivity index (χ2n) is 6.34. The van der Waals surface area contributed by atoms with Crippen LogP contribution in [0.2, 0.25) is 0 Å². The smallest absolute Gasteiger partial charge is 0.256 e. The van der Waals surface area contributed by atoms with Gasteiger partial charge in [-0.25, -0.2) is 0 Å². The molecule has 0 fully saturated rings. The summed E-state index contributed by atoms with van der Waals surface area (Å²) in [5, 5.41) is 15.0. The molecule has 1 aliphatic rings. The molecule has 1 aliphatic carbocycles. The van der Waals surface area contributed by atoms with Crippen LogP contribution in [0.1, 0.15) is 39.2 Å². The Morgan fingerprint density at radius 3 is 2.69 bits per heavy atom. The predicted molar refractivity (Wildman–Crippen MR) is 104 cm³/mol. The number of anilines is 1. The second kappa shape index (κ2) is 6.81. The number of ether oxygens (including phenoxy) is 1. The van der Waals surface area contributed by atoms with Crippen LogP contribution >= 0.6 is 11.3 Å². The Morgan fingerprint density at radius 1 is 1.15 bits per heavy atom. The lowest BCUT2D eigenvalue weighted by Gasteiger charge is -2.10. The third-order valence-corrected chi connectivity index (χ3v) is 6.07. The van der Waals surface area contributed by atoms with Crippen molar-refractivity contribution in [1.82, 2.24) is 0 Å². The van der Waals surface area contributed by atoms with Crippen molar-refractivity contribution in [1.29, 1.82) is 5.26 Å². The van der Waals surface area contributed by atoms with E-state index in [1.54, 1.807) is 24.5 Å². The summed E-state index contributed by atoms with van der Waals surface area (Å²) in [5.41, 5.74) is 2.34. The number of nitrogens with one attached hydrogen (secondary N) is 1. The largest absolute Gasteiger partial charge is 0.496 e. The topological polar surface area (TPSA) is 62.1 Å². The molecule has 0 atom stereocenters. The van der Waals surface area contributed by atoms with Gasteiger partial charge in [-0.2, -0.15) is 5.26 Å². The lowest BCUT2D eigenvalue weighted by molar-refractivity contribution is 0.102. The Morgan fingerprint density at radius 2 is 1.92 bits per heavy atom. The Hall–Kier alpha value is -2.84. The number of hydrogen-bond donors (Lipinski definition) is 1. The van der Waals surface area contributed by atoms with E-state index < -0.39 is 0 Å². The molecular weight excluding hydrogens is 344 g/mol. The predicted octanol–water partition coefficient (Wildman–Crippen LogP) is 4.91. The first kappa shape index (κ1) is 16.6. The van der Waals surface area contributed by atoms with E-state index in [0.717, 1.165) is 47.8 Å². The summed E-state index contributed by atoms with van der Waals surface area (Å²) in [6.45, 7) is 0. The number of fused-ring (bicyclic) bond motifs is 2. The van der Waals surface area contributed by atoms with Crippen molar-refractivity contribution in [2.45, 2.75) is 25.7 Å². The average Bonchev–Trinajstić information content (AvgIpc) is 3.03. The van der Waals surface area contributed by atoms with E-state index in [1.165, 1.54) is 4.88 Å². The molecule has 0 spiro atoms. The molecule has 1 aromatic heterocycles. The molecule has 1 heterocycles. The van der Waals surface area contributed by atoms with E-state index in [-0.39, 0.29) is 5.91 Å². The molecule has 1 amide bonds. The van der Waals surface area contributed by atoms with Crippen LogP contribution in [0.25, 0.3) is 10.8 Å². The van der Waals surface area contributed by atoms with Gasteiger partial charge in [0.1, 0.15) is 16.8 Å². The first-order valence-corrected chi connectivity index (χ1v) is 9.46. The van der Waals surface area contributed by atoms with Crippen LogP contribution < -0.4 is 10.1 Å². The van der Waals surface area contributed by atoms with Gasteiger partial charge in [-0.3, -0.25) is 4.79 Å². The maximum absolute atomic E-state index is 13.0. The number of aryl methyl sites for hydroxylation is 1. The Bertz CT molecular complexity index is 1050. The van der Waals surface area contributed by atoms with Crippen LogP contribution in [0.5, 0.6) is 5.75 Å². The SMILES string of the molecule is COc1ccc(C(=O)Nc2sc3c(c2C#N)CCCC3)c2ccccc12. The van der Waals surface area contributed by atoms with Crippen LogP contribution in [-0.4, -0.2) is 13.0 Å². The molecule has 1 N–H and O–H groups in total. The maximum atomic E-state index is 13.0. The van der Waals surface area contributed by atoms with Crippen LogP contribution in [0.4, 0.5) is 5.00 Å². The average molecular weight is 362 g/mol. The van der Waals surface area contributed by atoms with Crippen molar-refractivity contribution in [2.75, 3.05) is 12.4 Å². The van der Waals surface area contributed by atoms with E-state index in [2.05, 4.69) is 11.4 Å². The molecule has 3 aromatic rings. The molecule has 130 valence electrons. The van der Waals surface area contributed by atoms with Gasteiger partial charge in [0.05, 0.1) is 12.7 Å². The van der Waals surface area contributed by atoms with Gasteiger partial charge in [0, 0.05) is 15.8 Å². The highest BCUT2D eigenvalue weighted by molar-refractivity contribution is 7.16. The molecular formula is C21H18N2O2S.